The second-order valence-electron chi connectivity index (χ2n) is 6.01. The van der Waals surface area contributed by atoms with Gasteiger partial charge in [-0.3, -0.25) is 9.52 Å². The van der Waals surface area contributed by atoms with Crippen LogP contribution in [0.4, 0.5) is 18.9 Å². The zero-order valence-corrected chi connectivity index (χ0v) is 13.9. The van der Waals surface area contributed by atoms with Crippen molar-refractivity contribution in [3.63, 3.8) is 0 Å². The van der Waals surface area contributed by atoms with E-state index in [1.54, 1.807) is 19.9 Å². The lowest BCUT2D eigenvalue weighted by molar-refractivity contribution is -0.167. The number of nitrogens with zero attached hydrogens (tertiary/aromatic N) is 1. The maximum absolute atomic E-state index is 12.5. The van der Waals surface area contributed by atoms with Crippen molar-refractivity contribution in [1.82, 2.24) is 4.90 Å². The Hall–Kier alpha value is -1.81. The lowest BCUT2D eigenvalue weighted by Gasteiger charge is -2.36. The van der Waals surface area contributed by atoms with E-state index in [-0.39, 0.29) is 36.9 Å². The minimum absolute atomic E-state index is 0.0216. The third-order valence-corrected chi connectivity index (χ3v) is 4.57. The summed E-state index contributed by atoms with van der Waals surface area (Å²) in [6, 6.07) is 5.59. The number of amides is 1. The SMILES string of the molecule is CC1(C)CC(=O)N(Cc2ccccc2NS(=O)(=O)C(F)(F)F)CO1. The molecule has 1 fully saturated rings. The molecule has 1 aromatic carbocycles. The maximum atomic E-state index is 12.5. The third kappa shape index (κ3) is 4.18. The molecule has 0 atom stereocenters. The van der Waals surface area contributed by atoms with Gasteiger partial charge in [0.1, 0.15) is 6.73 Å². The third-order valence-electron chi connectivity index (χ3n) is 3.47. The zero-order chi connectivity index (χ0) is 18.2. The van der Waals surface area contributed by atoms with E-state index in [0.29, 0.717) is 0 Å². The van der Waals surface area contributed by atoms with E-state index in [2.05, 4.69) is 0 Å². The van der Waals surface area contributed by atoms with E-state index < -0.39 is 21.1 Å². The highest BCUT2D eigenvalue weighted by Gasteiger charge is 2.46. The van der Waals surface area contributed by atoms with Gasteiger partial charge in [-0.25, -0.2) is 0 Å². The van der Waals surface area contributed by atoms with Gasteiger partial charge in [0.05, 0.1) is 17.7 Å². The highest BCUT2D eigenvalue weighted by atomic mass is 32.2. The first-order valence-electron chi connectivity index (χ1n) is 7.00. The summed E-state index contributed by atoms with van der Waals surface area (Å²) in [5.41, 5.74) is -6.02. The first-order chi connectivity index (χ1) is 10.9. The molecule has 1 heterocycles. The summed E-state index contributed by atoms with van der Waals surface area (Å²) >= 11 is 0. The van der Waals surface area contributed by atoms with Gasteiger partial charge in [-0.05, 0) is 25.5 Å². The standard InChI is InChI=1S/C14H17F3N2O4S/c1-13(2)7-12(20)19(9-23-13)8-10-5-3-4-6-11(10)18-24(21,22)14(15,16)17/h3-6,18H,7-9H2,1-2H3. The Morgan fingerprint density at radius 3 is 2.50 bits per heavy atom. The quantitative estimate of drug-likeness (QED) is 0.888. The van der Waals surface area contributed by atoms with Crippen LogP contribution in [0.15, 0.2) is 24.3 Å². The molecule has 0 unspecified atom stereocenters. The van der Waals surface area contributed by atoms with Crippen molar-refractivity contribution < 1.29 is 31.1 Å². The number of hydrogen-bond donors (Lipinski definition) is 1. The van der Waals surface area contributed by atoms with Gasteiger partial charge in [0.2, 0.25) is 5.91 Å². The number of halogens is 3. The Labute approximate surface area is 137 Å². The molecule has 0 spiro atoms. The molecule has 6 nitrogen and oxygen atoms in total. The molecule has 0 aromatic heterocycles. The largest absolute Gasteiger partial charge is 0.516 e. The second-order valence-corrected chi connectivity index (χ2v) is 7.68. The fraction of sp³-hybridized carbons (Fsp3) is 0.500. The molecule has 2 rings (SSSR count). The fourth-order valence-electron chi connectivity index (χ4n) is 2.15. The highest BCUT2D eigenvalue weighted by Crippen LogP contribution is 2.29. The Morgan fingerprint density at radius 2 is 1.92 bits per heavy atom. The molecule has 1 aliphatic heterocycles. The van der Waals surface area contributed by atoms with E-state index in [4.69, 9.17) is 4.74 Å². The van der Waals surface area contributed by atoms with Gasteiger partial charge in [-0.2, -0.15) is 21.6 Å². The van der Waals surface area contributed by atoms with Crippen LogP contribution in [-0.2, 0) is 26.1 Å². The van der Waals surface area contributed by atoms with Crippen LogP contribution < -0.4 is 4.72 Å². The van der Waals surface area contributed by atoms with Crippen LogP contribution in [0.2, 0.25) is 0 Å². The first-order valence-corrected chi connectivity index (χ1v) is 8.48. The van der Waals surface area contributed by atoms with Crippen molar-refractivity contribution in [2.75, 3.05) is 11.5 Å². The summed E-state index contributed by atoms with van der Waals surface area (Å²) in [4.78, 5) is 13.4. The number of para-hydroxylation sites is 1. The Balaban J connectivity index is 2.20. The van der Waals surface area contributed by atoms with Gasteiger partial charge in [0, 0.05) is 6.54 Å². The van der Waals surface area contributed by atoms with E-state index >= 15 is 0 Å². The second kappa shape index (κ2) is 6.25. The number of ether oxygens (including phenoxy) is 1. The van der Waals surface area contributed by atoms with Gasteiger partial charge in [-0.1, -0.05) is 18.2 Å². The van der Waals surface area contributed by atoms with E-state index in [9.17, 15) is 26.4 Å². The molecular weight excluding hydrogens is 349 g/mol. The first kappa shape index (κ1) is 18.5. The van der Waals surface area contributed by atoms with Crippen LogP contribution in [0.1, 0.15) is 25.8 Å². The van der Waals surface area contributed by atoms with Gasteiger partial charge >= 0.3 is 15.5 Å². The fourth-order valence-corrected chi connectivity index (χ4v) is 2.76. The number of carbonyl (C=O) groups excluding carboxylic acids is 1. The molecule has 0 radical (unpaired) electrons. The van der Waals surface area contributed by atoms with Crippen molar-refractivity contribution in [2.24, 2.45) is 0 Å². The molecule has 0 aliphatic carbocycles. The molecular formula is C14H17F3N2O4S. The normalized spacial score (nSPS) is 18.5. The van der Waals surface area contributed by atoms with Crippen LogP contribution in [0, 0.1) is 0 Å². The summed E-state index contributed by atoms with van der Waals surface area (Å²) in [5, 5.41) is 0. The number of sulfonamides is 1. The van der Waals surface area contributed by atoms with Crippen LogP contribution in [-0.4, -0.2) is 37.1 Å². The van der Waals surface area contributed by atoms with Crippen molar-refractivity contribution in [2.45, 2.75) is 37.9 Å². The van der Waals surface area contributed by atoms with Crippen LogP contribution in [0.3, 0.4) is 0 Å². The van der Waals surface area contributed by atoms with Crippen molar-refractivity contribution in [3.05, 3.63) is 29.8 Å². The molecule has 0 saturated carbocycles. The predicted octanol–water partition coefficient (Wildman–Crippen LogP) is 2.43. The molecule has 134 valence electrons. The molecule has 1 amide bonds. The van der Waals surface area contributed by atoms with Crippen LogP contribution in [0.25, 0.3) is 0 Å². The Morgan fingerprint density at radius 1 is 1.29 bits per heavy atom. The van der Waals surface area contributed by atoms with Crippen molar-refractivity contribution >= 4 is 21.6 Å². The van der Waals surface area contributed by atoms with E-state index in [0.717, 1.165) is 0 Å². The minimum atomic E-state index is -5.53. The molecule has 10 heteroatoms. The molecule has 24 heavy (non-hydrogen) atoms. The van der Waals surface area contributed by atoms with E-state index in [1.807, 2.05) is 0 Å². The average molecular weight is 366 g/mol. The number of rotatable bonds is 4. The molecule has 1 saturated heterocycles. The van der Waals surface area contributed by atoms with Gasteiger partial charge in [0.15, 0.2) is 0 Å². The van der Waals surface area contributed by atoms with Gasteiger partial charge in [-0.15, -0.1) is 0 Å². The summed E-state index contributed by atoms with van der Waals surface area (Å²) < 4.78 is 67.1. The van der Waals surface area contributed by atoms with E-state index in [1.165, 1.54) is 27.8 Å². The highest BCUT2D eigenvalue weighted by molar-refractivity contribution is 7.93. The summed E-state index contributed by atoms with van der Waals surface area (Å²) in [7, 11) is -5.53. The monoisotopic (exact) mass is 366 g/mol. The number of alkyl halides is 3. The molecule has 1 N–H and O–H groups in total. The molecule has 1 aromatic rings. The number of hydrogen-bond acceptors (Lipinski definition) is 4. The number of anilines is 1. The van der Waals surface area contributed by atoms with Crippen molar-refractivity contribution in [1.29, 1.82) is 0 Å². The lowest BCUT2D eigenvalue weighted by Crippen LogP contribution is -2.46. The molecule has 1 aliphatic rings. The molecule has 0 bridgehead atoms. The van der Waals surface area contributed by atoms with Gasteiger partial charge < -0.3 is 9.64 Å². The number of benzene rings is 1. The number of carbonyl (C=O) groups is 1. The minimum Gasteiger partial charge on any atom is -0.355 e. The van der Waals surface area contributed by atoms with Gasteiger partial charge in [0.25, 0.3) is 0 Å². The predicted molar refractivity (Wildman–Crippen MR) is 80.2 cm³/mol. The smallest absolute Gasteiger partial charge is 0.355 e. The topological polar surface area (TPSA) is 75.7 Å². The lowest BCUT2D eigenvalue weighted by atomic mass is 10.0. The van der Waals surface area contributed by atoms with Crippen molar-refractivity contribution in [3.8, 4) is 0 Å². The summed E-state index contributed by atoms with van der Waals surface area (Å²) in [6.45, 7) is 3.43. The summed E-state index contributed by atoms with van der Waals surface area (Å²) in [5.74, 6) is -0.222. The Kier molecular flexibility index (Phi) is 4.82. The van der Waals surface area contributed by atoms with Crippen LogP contribution >= 0.6 is 0 Å². The maximum Gasteiger partial charge on any atom is 0.516 e. The van der Waals surface area contributed by atoms with Crippen LogP contribution in [0.5, 0.6) is 0 Å². The Bertz CT molecular complexity index is 732. The summed E-state index contributed by atoms with van der Waals surface area (Å²) in [6.07, 6.45) is 0.128. The average Bonchev–Trinajstić information content (AvgIpc) is 2.41. The number of nitrogens with one attached hydrogen (secondary N) is 1. The zero-order valence-electron chi connectivity index (χ0n) is 13.1.